The Kier molecular flexibility index (Phi) is 1.51. The van der Waals surface area contributed by atoms with Crippen LogP contribution in [0.1, 0.15) is 20.3 Å². The van der Waals surface area contributed by atoms with E-state index in [1.54, 1.807) is 6.08 Å². The number of fused-ring (bicyclic) bond motifs is 1. The van der Waals surface area contributed by atoms with Crippen molar-refractivity contribution in [3.05, 3.63) is 23.8 Å². The zero-order valence-corrected chi connectivity index (χ0v) is 8.99. The van der Waals surface area contributed by atoms with Crippen LogP contribution in [0.3, 0.4) is 0 Å². The smallest absolute Gasteiger partial charge is 0.159 e. The summed E-state index contributed by atoms with van der Waals surface area (Å²) in [4.78, 5) is 23.7. The van der Waals surface area contributed by atoms with Gasteiger partial charge in [0, 0.05) is 29.6 Å². The molecule has 1 saturated carbocycles. The third-order valence-corrected chi connectivity index (χ3v) is 4.22. The number of carbonyl (C=O) groups is 2. The number of allylic oxidation sites excluding steroid dienone is 4. The van der Waals surface area contributed by atoms with E-state index >= 15 is 0 Å². The quantitative estimate of drug-likeness (QED) is 0.562. The van der Waals surface area contributed by atoms with Gasteiger partial charge in [0.15, 0.2) is 5.78 Å². The van der Waals surface area contributed by atoms with E-state index in [9.17, 15) is 9.59 Å². The fourth-order valence-corrected chi connectivity index (χ4v) is 3.80. The van der Waals surface area contributed by atoms with Gasteiger partial charge in [-0.05, 0) is 13.0 Å². The minimum absolute atomic E-state index is 0.0143. The van der Waals surface area contributed by atoms with Gasteiger partial charge >= 0.3 is 0 Å². The largest absolute Gasteiger partial charge is 0.299 e. The number of Topliss-reactive ketones (excluding diaryl/α,β-unsaturated/α-hetero) is 1. The summed E-state index contributed by atoms with van der Waals surface area (Å²) in [5.74, 6) is 0.694. The van der Waals surface area contributed by atoms with E-state index in [0.717, 1.165) is 5.57 Å². The van der Waals surface area contributed by atoms with Crippen LogP contribution in [0.25, 0.3) is 0 Å². The van der Waals surface area contributed by atoms with E-state index in [4.69, 9.17) is 0 Å². The van der Waals surface area contributed by atoms with Crippen LogP contribution in [0.4, 0.5) is 0 Å². The van der Waals surface area contributed by atoms with Crippen LogP contribution in [0.5, 0.6) is 0 Å². The van der Waals surface area contributed by atoms with Crippen LogP contribution in [-0.4, -0.2) is 11.6 Å². The Balaban J connectivity index is 2.19. The van der Waals surface area contributed by atoms with E-state index in [2.05, 4.69) is 6.08 Å². The maximum atomic E-state index is 11.9. The molecule has 4 rings (SSSR count). The fraction of sp³-hybridized carbons (Fsp3) is 0.538. The van der Waals surface area contributed by atoms with Crippen molar-refractivity contribution in [3.63, 3.8) is 0 Å². The van der Waals surface area contributed by atoms with Gasteiger partial charge in [0.25, 0.3) is 0 Å². The first kappa shape index (κ1) is 9.08. The SMILES string of the molecule is CC1=C[C@@]2(C)CC(=O)[C@@H]1[C@H]1C=CC(=O)[C@H]12. The summed E-state index contributed by atoms with van der Waals surface area (Å²) in [6, 6.07) is 0. The van der Waals surface area contributed by atoms with Crippen molar-refractivity contribution in [1.82, 2.24) is 0 Å². The van der Waals surface area contributed by atoms with Crippen molar-refractivity contribution in [2.24, 2.45) is 23.2 Å². The fourth-order valence-electron chi connectivity index (χ4n) is 3.80. The van der Waals surface area contributed by atoms with Crippen LogP contribution < -0.4 is 0 Å². The first-order valence-electron chi connectivity index (χ1n) is 5.47. The van der Waals surface area contributed by atoms with Crippen LogP contribution in [0, 0.1) is 23.2 Å². The Morgan fingerprint density at radius 2 is 2.13 bits per heavy atom. The number of hydrogen-bond acceptors (Lipinski definition) is 2. The molecule has 2 nitrogen and oxygen atoms in total. The predicted octanol–water partition coefficient (Wildman–Crippen LogP) is 1.91. The van der Waals surface area contributed by atoms with Crippen LogP contribution in [0.15, 0.2) is 23.8 Å². The molecule has 0 amide bonds. The van der Waals surface area contributed by atoms with Gasteiger partial charge in [0.05, 0.1) is 0 Å². The second kappa shape index (κ2) is 2.49. The lowest BCUT2D eigenvalue weighted by Crippen LogP contribution is -2.50. The molecular weight excluding hydrogens is 188 g/mol. The molecule has 0 heterocycles. The summed E-state index contributed by atoms with van der Waals surface area (Å²) < 4.78 is 0. The van der Waals surface area contributed by atoms with Crippen molar-refractivity contribution in [3.8, 4) is 0 Å². The topological polar surface area (TPSA) is 34.1 Å². The summed E-state index contributed by atoms with van der Waals surface area (Å²) in [6.07, 6.45) is 6.32. The van der Waals surface area contributed by atoms with Gasteiger partial charge in [0.1, 0.15) is 5.78 Å². The molecule has 0 aliphatic heterocycles. The molecule has 4 atom stereocenters. The summed E-state index contributed by atoms with van der Waals surface area (Å²) in [6.45, 7) is 4.07. The maximum absolute atomic E-state index is 11.9. The van der Waals surface area contributed by atoms with Gasteiger partial charge in [-0.2, -0.15) is 0 Å². The standard InChI is InChI=1S/C13H14O2/c1-7-5-13(2)6-10(15)11(7)8-3-4-9(14)12(8)13/h3-5,8,11-12H,6H2,1-2H3/t8-,11+,12+,13+/m1/s1. The number of rotatable bonds is 0. The highest BCUT2D eigenvalue weighted by Gasteiger charge is 2.56. The Hall–Kier alpha value is -1.18. The predicted molar refractivity (Wildman–Crippen MR) is 56.1 cm³/mol. The van der Waals surface area contributed by atoms with E-state index < -0.39 is 0 Å². The molecule has 0 aromatic carbocycles. The van der Waals surface area contributed by atoms with Crippen molar-refractivity contribution < 1.29 is 9.59 Å². The Bertz CT molecular complexity index is 430. The lowest BCUT2D eigenvalue weighted by molar-refractivity contribution is -0.136. The lowest BCUT2D eigenvalue weighted by atomic mass is 9.53. The maximum Gasteiger partial charge on any atom is 0.159 e. The molecule has 0 aromatic rings. The molecule has 15 heavy (non-hydrogen) atoms. The second-order valence-corrected chi connectivity index (χ2v) is 5.33. The number of hydrogen-bond donors (Lipinski definition) is 0. The van der Waals surface area contributed by atoms with Gasteiger partial charge in [-0.1, -0.05) is 24.6 Å². The highest BCUT2D eigenvalue weighted by Crippen LogP contribution is 2.56. The summed E-state index contributed by atoms with van der Waals surface area (Å²) in [5.41, 5.74) is 0.940. The van der Waals surface area contributed by atoms with Crippen molar-refractivity contribution in [2.45, 2.75) is 20.3 Å². The zero-order chi connectivity index (χ0) is 10.8. The van der Waals surface area contributed by atoms with Gasteiger partial charge in [-0.3, -0.25) is 9.59 Å². The molecule has 1 fully saturated rings. The van der Waals surface area contributed by atoms with Gasteiger partial charge in [-0.15, -0.1) is 0 Å². The highest BCUT2D eigenvalue weighted by atomic mass is 16.1. The van der Waals surface area contributed by atoms with Crippen LogP contribution >= 0.6 is 0 Å². The van der Waals surface area contributed by atoms with E-state index in [0.29, 0.717) is 12.2 Å². The molecule has 0 radical (unpaired) electrons. The van der Waals surface area contributed by atoms with Gasteiger partial charge in [0.2, 0.25) is 0 Å². The molecule has 0 saturated heterocycles. The molecule has 4 aliphatic carbocycles. The monoisotopic (exact) mass is 202 g/mol. The number of ketones is 2. The minimum atomic E-state index is -0.221. The molecule has 78 valence electrons. The summed E-state index contributed by atoms with van der Waals surface area (Å²) in [5, 5.41) is 0. The summed E-state index contributed by atoms with van der Waals surface area (Å²) >= 11 is 0. The van der Waals surface area contributed by atoms with Gasteiger partial charge in [-0.25, -0.2) is 0 Å². The third kappa shape index (κ3) is 0.947. The normalized spacial score (nSPS) is 47.1. The average molecular weight is 202 g/mol. The van der Waals surface area contributed by atoms with Crippen molar-refractivity contribution >= 4 is 11.6 Å². The Labute approximate surface area is 89.0 Å². The minimum Gasteiger partial charge on any atom is -0.299 e. The van der Waals surface area contributed by atoms with Crippen LogP contribution in [0.2, 0.25) is 0 Å². The Morgan fingerprint density at radius 1 is 1.40 bits per heavy atom. The average Bonchev–Trinajstić information content (AvgIpc) is 2.46. The number of carbonyl (C=O) groups excluding carboxylic acids is 2. The van der Waals surface area contributed by atoms with E-state index in [-0.39, 0.29) is 29.0 Å². The van der Waals surface area contributed by atoms with Crippen molar-refractivity contribution in [1.29, 1.82) is 0 Å². The first-order chi connectivity index (χ1) is 7.03. The van der Waals surface area contributed by atoms with Crippen LogP contribution in [-0.2, 0) is 9.59 Å². The second-order valence-electron chi connectivity index (χ2n) is 5.33. The zero-order valence-electron chi connectivity index (χ0n) is 8.99. The highest BCUT2D eigenvalue weighted by molar-refractivity contribution is 6.00. The lowest BCUT2D eigenvalue weighted by Gasteiger charge is -2.48. The summed E-state index contributed by atoms with van der Waals surface area (Å²) in [7, 11) is 0. The molecule has 2 bridgehead atoms. The third-order valence-electron chi connectivity index (χ3n) is 4.22. The molecular formula is C13H14O2. The van der Waals surface area contributed by atoms with Gasteiger partial charge < -0.3 is 0 Å². The molecule has 0 N–H and O–H groups in total. The molecule has 2 heteroatoms. The Morgan fingerprint density at radius 3 is 2.80 bits per heavy atom. The molecule has 4 aliphatic rings. The van der Waals surface area contributed by atoms with E-state index in [1.165, 1.54) is 0 Å². The molecule has 0 aromatic heterocycles. The molecule has 0 spiro atoms. The van der Waals surface area contributed by atoms with E-state index in [1.807, 2.05) is 19.9 Å². The molecule has 0 unspecified atom stereocenters. The first-order valence-corrected chi connectivity index (χ1v) is 5.47. The van der Waals surface area contributed by atoms with Crippen molar-refractivity contribution in [2.75, 3.05) is 0 Å².